The number of benzene rings is 2. The third kappa shape index (κ3) is 3.88. The maximum atomic E-state index is 13.1. The minimum Gasteiger partial charge on any atom is -0.369 e. The summed E-state index contributed by atoms with van der Waals surface area (Å²) < 4.78 is 26.3. The lowest BCUT2D eigenvalue weighted by atomic mass is 10.1. The Balaban J connectivity index is 0.00000208. The van der Waals surface area contributed by atoms with Gasteiger partial charge in [-0.2, -0.15) is 0 Å². The van der Waals surface area contributed by atoms with Crippen molar-refractivity contribution in [3.63, 3.8) is 0 Å². The highest BCUT2D eigenvalue weighted by molar-refractivity contribution is 6.04. The molecule has 0 aliphatic rings. The van der Waals surface area contributed by atoms with Crippen LogP contribution in [-0.4, -0.2) is 15.9 Å². The van der Waals surface area contributed by atoms with Crippen molar-refractivity contribution in [3.05, 3.63) is 65.9 Å². The van der Waals surface area contributed by atoms with Crippen LogP contribution in [0, 0.1) is 11.6 Å². The van der Waals surface area contributed by atoms with Crippen molar-refractivity contribution < 1.29 is 13.6 Å². The molecule has 0 aliphatic heterocycles. The van der Waals surface area contributed by atoms with Crippen LogP contribution in [0.15, 0.2) is 48.7 Å². The largest absolute Gasteiger partial charge is 0.369 e. The van der Waals surface area contributed by atoms with Crippen LogP contribution in [0.3, 0.4) is 0 Å². The Hall–Kier alpha value is -2.93. The number of rotatable bonds is 3. The molecule has 124 valence electrons. The monoisotopic (exact) mass is 350 g/mol. The Morgan fingerprint density at radius 1 is 1.08 bits per heavy atom. The van der Waals surface area contributed by atoms with E-state index in [0.717, 1.165) is 23.4 Å². The Morgan fingerprint density at radius 3 is 2.25 bits per heavy atom. The van der Waals surface area contributed by atoms with Crippen LogP contribution in [0.25, 0.3) is 11.3 Å². The molecule has 24 heavy (non-hydrogen) atoms. The van der Waals surface area contributed by atoms with Crippen LogP contribution in [0.1, 0.15) is 10.4 Å². The van der Waals surface area contributed by atoms with Crippen molar-refractivity contribution in [2.75, 3.05) is 11.1 Å². The number of imidazole rings is 1. The molecule has 0 aliphatic carbocycles. The first-order chi connectivity index (χ1) is 11.0. The zero-order chi connectivity index (χ0) is 16.4. The first kappa shape index (κ1) is 17.4. The van der Waals surface area contributed by atoms with E-state index >= 15 is 0 Å². The molecule has 1 amide bonds. The average Bonchev–Trinajstić information content (AvgIpc) is 2.93. The van der Waals surface area contributed by atoms with Gasteiger partial charge in [0.15, 0.2) is 5.95 Å². The number of aromatic nitrogens is 2. The number of hydrogen-bond donors (Lipinski definition) is 3. The molecule has 1 heterocycles. The van der Waals surface area contributed by atoms with Crippen LogP contribution in [-0.2, 0) is 0 Å². The Morgan fingerprint density at radius 2 is 1.71 bits per heavy atom. The Bertz CT molecular complexity index is 845. The molecule has 0 saturated heterocycles. The third-order valence-electron chi connectivity index (χ3n) is 3.17. The van der Waals surface area contributed by atoms with Crippen molar-refractivity contribution in [1.29, 1.82) is 0 Å². The first-order valence-corrected chi connectivity index (χ1v) is 6.69. The van der Waals surface area contributed by atoms with Crippen LogP contribution in [0.5, 0.6) is 0 Å². The molecule has 0 bridgehead atoms. The number of aromatic amines is 1. The van der Waals surface area contributed by atoms with Crippen molar-refractivity contribution in [1.82, 2.24) is 9.97 Å². The van der Waals surface area contributed by atoms with E-state index in [1.165, 1.54) is 0 Å². The normalized spacial score (nSPS) is 10.1. The van der Waals surface area contributed by atoms with Gasteiger partial charge in [0.2, 0.25) is 0 Å². The van der Waals surface area contributed by atoms with Crippen molar-refractivity contribution in [2.24, 2.45) is 0 Å². The molecule has 3 rings (SSSR count). The number of amides is 1. The second-order valence-corrected chi connectivity index (χ2v) is 4.87. The second kappa shape index (κ2) is 7.10. The molecule has 0 spiro atoms. The van der Waals surface area contributed by atoms with Crippen molar-refractivity contribution in [2.45, 2.75) is 0 Å². The van der Waals surface area contributed by atoms with E-state index in [-0.39, 0.29) is 18.0 Å². The summed E-state index contributed by atoms with van der Waals surface area (Å²) in [5.74, 6) is -1.89. The molecule has 1 aromatic heterocycles. The standard InChI is InChI=1S/C16H12F2N4O.ClH/c17-11-5-10(6-12(18)7-11)15(23)21-13-3-1-9(2-4-13)14-8-20-16(19)22-14;/h1-8H,(H,21,23)(H3,19,20,22);1H. The predicted molar refractivity (Wildman–Crippen MR) is 90.0 cm³/mol. The lowest BCUT2D eigenvalue weighted by molar-refractivity contribution is 0.102. The number of carbonyl (C=O) groups is 1. The second-order valence-electron chi connectivity index (χ2n) is 4.87. The highest BCUT2D eigenvalue weighted by atomic mass is 35.5. The third-order valence-corrected chi connectivity index (χ3v) is 3.17. The van der Waals surface area contributed by atoms with E-state index < -0.39 is 17.5 Å². The lowest BCUT2D eigenvalue weighted by Crippen LogP contribution is -2.12. The number of anilines is 2. The van der Waals surface area contributed by atoms with E-state index in [4.69, 9.17) is 5.73 Å². The molecule has 2 aromatic carbocycles. The van der Waals surface area contributed by atoms with E-state index in [2.05, 4.69) is 15.3 Å². The fraction of sp³-hybridized carbons (Fsp3) is 0. The van der Waals surface area contributed by atoms with Gasteiger partial charge >= 0.3 is 0 Å². The maximum Gasteiger partial charge on any atom is 0.255 e. The lowest BCUT2D eigenvalue weighted by Gasteiger charge is -2.06. The summed E-state index contributed by atoms with van der Waals surface area (Å²) in [6.07, 6.45) is 1.60. The molecule has 8 heteroatoms. The number of nitrogen functional groups attached to an aromatic ring is 1. The van der Waals surface area contributed by atoms with Gasteiger partial charge in [0.05, 0.1) is 11.9 Å². The van der Waals surface area contributed by atoms with Gasteiger partial charge in [0.1, 0.15) is 11.6 Å². The molecular weight excluding hydrogens is 338 g/mol. The van der Waals surface area contributed by atoms with Gasteiger partial charge in [0.25, 0.3) is 5.91 Å². The predicted octanol–water partition coefficient (Wildman–Crippen LogP) is 3.61. The highest BCUT2D eigenvalue weighted by Crippen LogP contribution is 2.20. The smallest absolute Gasteiger partial charge is 0.255 e. The summed E-state index contributed by atoms with van der Waals surface area (Å²) in [5, 5.41) is 2.57. The summed E-state index contributed by atoms with van der Waals surface area (Å²) in [7, 11) is 0. The Labute approximate surface area is 142 Å². The van der Waals surface area contributed by atoms with Gasteiger partial charge in [-0.1, -0.05) is 12.1 Å². The van der Waals surface area contributed by atoms with Crippen molar-refractivity contribution >= 4 is 29.9 Å². The van der Waals surface area contributed by atoms with Crippen molar-refractivity contribution in [3.8, 4) is 11.3 Å². The number of nitrogens with one attached hydrogen (secondary N) is 2. The van der Waals surface area contributed by atoms with Gasteiger partial charge in [-0.15, -0.1) is 12.4 Å². The zero-order valence-corrected chi connectivity index (χ0v) is 13.0. The number of H-pyrrole nitrogens is 1. The van der Waals surface area contributed by atoms with Crippen LogP contribution in [0.4, 0.5) is 20.4 Å². The minimum atomic E-state index is -0.803. The average molecular weight is 351 g/mol. The van der Waals surface area contributed by atoms with Gasteiger partial charge in [-0.05, 0) is 29.8 Å². The van der Waals surface area contributed by atoms with Crippen LogP contribution in [0.2, 0.25) is 0 Å². The van der Waals surface area contributed by atoms with E-state index in [0.29, 0.717) is 17.7 Å². The van der Waals surface area contributed by atoms with Gasteiger partial charge in [0, 0.05) is 17.3 Å². The number of carbonyl (C=O) groups excluding carboxylic acids is 1. The molecule has 4 N–H and O–H groups in total. The first-order valence-electron chi connectivity index (χ1n) is 6.69. The van der Waals surface area contributed by atoms with Crippen LogP contribution < -0.4 is 11.1 Å². The summed E-state index contributed by atoms with van der Waals surface area (Å²) in [5.41, 5.74) is 7.50. The quantitative estimate of drug-likeness (QED) is 0.674. The molecule has 0 fully saturated rings. The van der Waals surface area contributed by atoms with E-state index in [1.54, 1.807) is 30.5 Å². The highest BCUT2D eigenvalue weighted by Gasteiger charge is 2.10. The maximum absolute atomic E-state index is 13.1. The van der Waals surface area contributed by atoms with Gasteiger partial charge in [-0.3, -0.25) is 4.79 Å². The number of halogens is 3. The minimum absolute atomic E-state index is 0. The summed E-state index contributed by atoms with van der Waals surface area (Å²) >= 11 is 0. The molecule has 0 radical (unpaired) electrons. The van der Waals surface area contributed by atoms with Gasteiger partial charge < -0.3 is 16.0 Å². The molecule has 0 unspecified atom stereocenters. The zero-order valence-electron chi connectivity index (χ0n) is 12.2. The summed E-state index contributed by atoms with van der Waals surface area (Å²) in [6.45, 7) is 0. The molecular formula is C16H13ClF2N4O. The topological polar surface area (TPSA) is 83.8 Å². The molecule has 5 nitrogen and oxygen atoms in total. The van der Waals surface area contributed by atoms with E-state index in [1.807, 2.05) is 0 Å². The number of nitrogens with zero attached hydrogens (tertiary/aromatic N) is 1. The van der Waals surface area contributed by atoms with Crippen LogP contribution >= 0.6 is 12.4 Å². The fourth-order valence-electron chi connectivity index (χ4n) is 2.10. The summed E-state index contributed by atoms with van der Waals surface area (Å²) in [6, 6.07) is 9.51. The van der Waals surface area contributed by atoms with Gasteiger partial charge in [-0.25, -0.2) is 13.8 Å². The van der Waals surface area contributed by atoms with E-state index in [9.17, 15) is 13.6 Å². The Kier molecular flexibility index (Phi) is 5.15. The number of nitrogens with two attached hydrogens (primary N) is 1. The molecule has 3 aromatic rings. The number of hydrogen-bond acceptors (Lipinski definition) is 3. The molecule has 0 atom stereocenters. The molecule has 0 saturated carbocycles. The summed E-state index contributed by atoms with van der Waals surface area (Å²) in [4.78, 5) is 18.8. The SMILES string of the molecule is Cl.Nc1ncc(-c2ccc(NC(=O)c3cc(F)cc(F)c3)cc2)[nH]1. The fourth-order valence-corrected chi connectivity index (χ4v) is 2.10.